The maximum Gasteiger partial charge on any atom is 0.352 e. The van der Waals surface area contributed by atoms with Crippen LogP contribution < -0.4 is 5.32 Å². The maximum absolute atomic E-state index is 12.3. The highest BCUT2D eigenvalue weighted by atomic mass is 35.5. The molecule has 0 spiro atoms. The van der Waals surface area contributed by atoms with Gasteiger partial charge in [-0.1, -0.05) is 11.6 Å². The Bertz CT molecular complexity index is 1030. The maximum atomic E-state index is 12.3. The number of aromatic nitrogens is 1. The van der Waals surface area contributed by atoms with Crippen molar-refractivity contribution in [3.05, 3.63) is 69.4 Å². The molecule has 0 saturated carbocycles. The van der Waals surface area contributed by atoms with E-state index in [2.05, 4.69) is 5.32 Å². The monoisotopic (exact) mass is 373 g/mol. The summed E-state index contributed by atoms with van der Waals surface area (Å²) in [4.78, 5) is 34.1. The number of halogens is 1. The number of aromatic carboxylic acids is 1. The van der Waals surface area contributed by atoms with E-state index < -0.39 is 16.8 Å². The van der Waals surface area contributed by atoms with Crippen LogP contribution in [0.5, 0.6) is 0 Å². The topological polar surface area (TPSA) is 114 Å². The molecule has 0 aliphatic carbocycles. The Hall–Kier alpha value is -3.39. The molecule has 0 aliphatic heterocycles. The van der Waals surface area contributed by atoms with Crippen LogP contribution in [0.15, 0.2) is 48.5 Å². The van der Waals surface area contributed by atoms with Crippen molar-refractivity contribution in [3.63, 3.8) is 0 Å². The van der Waals surface area contributed by atoms with Gasteiger partial charge in [0, 0.05) is 33.7 Å². The Balaban J connectivity index is 1.93. The van der Waals surface area contributed by atoms with Crippen molar-refractivity contribution >= 4 is 45.8 Å². The van der Waals surface area contributed by atoms with Crippen LogP contribution >= 0.6 is 11.6 Å². The van der Waals surface area contributed by atoms with Gasteiger partial charge >= 0.3 is 5.97 Å². The lowest BCUT2D eigenvalue weighted by Gasteiger charge is -2.09. The number of benzene rings is 2. The fraction of sp³-hybridized carbons (Fsp3) is 0.0588. The first-order valence-corrected chi connectivity index (χ1v) is 7.79. The minimum Gasteiger partial charge on any atom is -0.477 e. The first-order chi connectivity index (χ1) is 12.3. The Morgan fingerprint density at radius 3 is 2.46 bits per heavy atom. The molecule has 3 rings (SSSR count). The smallest absolute Gasteiger partial charge is 0.352 e. The number of carbonyl (C=O) groups excluding carboxylic acids is 1. The van der Waals surface area contributed by atoms with Gasteiger partial charge in [-0.05, 0) is 36.4 Å². The van der Waals surface area contributed by atoms with Crippen LogP contribution in [-0.2, 0) is 11.3 Å². The van der Waals surface area contributed by atoms with E-state index >= 15 is 0 Å². The largest absolute Gasteiger partial charge is 0.477 e. The molecule has 2 N–H and O–H groups in total. The fourth-order valence-electron chi connectivity index (χ4n) is 2.60. The van der Waals surface area contributed by atoms with Gasteiger partial charge < -0.3 is 15.0 Å². The highest BCUT2D eigenvalue weighted by Gasteiger charge is 2.19. The molecular weight excluding hydrogens is 362 g/mol. The van der Waals surface area contributed by atoms with Crippen molar-refractivity contribution in [3.8, 4) is 0 Å². The molecule has 2 aromatic carbocycles. The molecule has 132 valence electrons. The summed E-state index contributed by atoms with van der Waals surface area (Å²) in [5.74, 6) is -1.67. The molecule has 9 heteroatoms. The molecule has 8 nitrogen and oxygen atoms in total. The van der Waals surface area contributed by atoms with Crippen molar-refractivity contribution in [2.24, 2.45) is 0 Å². The first-order valence-electron chi connectivity index (χ1n) is 7.41. The average Bonchev–Trinajstić information content (AvgIpc) is 2.95. The Morgan fingerprint density at radius 2 is 1.85 bits per heavy atom. The summed E-state index contributed by atoms with van der Waals surface area (Å²) in [7, 11) is 0. The second-order valence-corrected chi connectivity index (χ2v) is 5.91. The molecule has 3 aromatic rings. The molecule has 0 unspecified atom stereocenters. The number of carboxylic acids is 1. The molecule has 0 aliphatic rings. The highest BCUT2D eigenvalue weighted by Crippen LogP contribution is 2.25. The molecule has 26 heavy (non-hydrogen) atoms. The second-order valence-electron chi connectivity index (χ2n) is 5.48. The lowest BCUT2D eigenvalue weighted by molar-refractivity contribution is -0.384. The summed E-state index contributed by atoms with van der Waals surface area (Å²) < 4.78 is 1.30. The van der Waals surface area contributed by atoms with Crippen LogP contribution in [0, 0.1) is 10.1 Å². The molecule has 0 saturated heterocycles. The van der Waals surface area contributed by atoms with E-state index in [1.54, 1.807) is 24.3 Å². The van der Waals surface area contributed by atoms with E-state index in [0.29, 0.717) is 21.6 Å². The second kappa shape index (κ2) is 6.85. The average molecular weight is 374 g/mol. The van der Waals surface area contributed by atoms with E-state index in [4.69, 9.17) is 11.6 Å². The summed E-state index contributed by atoms with van der Waals surface area (Å²) in [6, 6.07) is 11.7. The first kappa shape index (κ1) is 17.4. The van der Waals surface area contributed by atoms with Gasteiger partial charge in [0.15, 0.2) is 0 Å². The molecule has 0 radical (unpaired) electrons. The van der Waals surface area contributed by atoms with Crippen LogP contribution in [0.4, 0.5) is 11.4 Å². The lowest BCUT2D eigenvalue weighted by atomic mass is 10.2. The summed E-state index contributed by atoms with van der Waals surface area (Å²) in [5.41, 5.74) is 0.645. The number of fused-ring (bicyclic) bond motifs is 1. The minimum atomic E-state index is -1.23. The van der Waals surface area contributed by atoms with Crippen LogP contribution in [0.2, 0.25) is 5.02 Å². The van der Waals surface area contributed by atoms with Gasteiger partial charge in [0.05, 0.1) is 4.92 Å². The molecule has 0 bridgehead atoms. The van der Waals surface area contributed by atoms with Crippen molar-refractivity contribution in [2.45, 2.75) is 6.54 Å². The number of carbonyl (C=O) groups is 2. The Labute approximate surface area is 151 Å². The van der Waals surface area contributed by atoms with Gasteiger partial charge in [-0.15, -0.1) is 0 Å². The number of hydrogen-bond donors (Lipinski definition) is 2. The number of nitrogens with zero attached hydrogens (tertiary/aromatic N) is 2. The number of nitro groups is 1. The van der Waals surface area contributed by atoms with Gasteiger partial charge in [0.25, 0.3) is 5.69 Å². The van der Waals surface area contributed by atoms with Crippen LogP contribution in [0.1, 0.15) is 10.5 Å². The van der Waals surface area contributed by atoms with Crippen LogP contribution in [0.25, 0.3) is 10.9 Å². The zero-order valence-corrected chi connectivity index (χ0v) is 13.9. The lowest BCUT2D eigenvalue weighted by Crippen LogP contribution is -2.21. The number of hydrogen-bond acceptors (Lipinski definition) is 4. The van der Waals surface area contributed by atoms with E-state index in [9.17, 15) is 24.8 Å². The molecule has 1 heterocycles. The summed E-state index contributed by atoms with van der Waals surface area (Å²) in [6.07, 6.45) is 0. The number of amides is 1. The van der Waals surface area contributed by atoms with Crippen molar-refractivity contribution < 1.29 is 19.6 Å². The summed E-state index contributed by atoms with van der Waals surface area (Å²) >= 11 is 5.79. The summed E-state index contributed by atoms with van der Waals surface area (Å²) in [6.45, 7) is -0.258. The van der Waals surface area contributed by atoms with Gasteiger partial charge in [-0.2, -0.15) is 0 Å². The zero-order chi connectivity index (χ0) is 18.8. The van der Waals surface area contributed by atoms with Crippen LogP contribution in [-0.4, -0.2) is 26.5 Å². The number of nitrogens with one attached hydrogen (secondary N) is 1. The van der Waals surface area contributed by atoms with E-state index in [1.165, 1.54) is 28.8 Å². The van der Waals surface area contributed by atoms with E-state index in [-0.39, 0.29) is 17.9 Å². The van der Waals surface area contributed by atoms with Crippen LogP contribution in [0.3, 0.4) is 0 Å². The third kappa shape index (κ3) is 3.50. The van der Waals surface area contributed by atoms with Gasteiger partial charge in [0.1, 0.15) is 12.2 Å². The van der Waals surface area contributed by atoms with Crippen molar-refractivity contribution in [1.29, 1.82) is 0 Å². The third-order valence-electron chi connectivity index (χ3n) is 3.74. The molecular formula is C17H12ClN3O5. The minimum absolute atomic E-state index is 0.133. The Morgan fingerprint density at radius 1 is 1.15 bits per heavy atom. The standard InChI is InChI=1S/C17H12ClN3O5/c18-11-1-3-12(4-2-11)19-16(22)9-20-14-6-5-13(21(25)26)7-10(14)8-15(20)17(23)24/h1-8H,9H2,(H,19,22)(H,23,24). The fourth-order valence-corrected chi connectivity index (χ4v) is 2.72. The molecule has 0 fully saturated rings. The number of anilines is 1. The molecule has 0 atom stereocenters. The SMILES string of the molecule is O=C(Cn1c(C(=O)O)cc2cc([N+](=O)[O-])ccc21)Nc1ccc(Cl)cc1. The predicted molar refractivity (Wildman–Crippen MR) is 95.6 cm³/mol. The number of rotatable bonds is 5. The Kier molecular flexibility index (Phi) is 4.59. The number of carboxylic acid groups (broad SMARTS) is 1. The quantitative estimate of drug-likeness (QED) is 0.524. The highest BCUT2D eigenvalue weighted by molar-refractivity contribution is 6.30. The van der Waals surface area contributed by atoms with Crippen molar-refractivity contribution in [1.82, 2.24) is 4.57 Å². The van der Waals surface area contributed by atoms with Crippen molar-refractivity contribution in [2.75, 3.05) is 5.32 Å². The molecule has 1 amide bonds. The number of non-ortho nitro benzene ring substituents is 1. The summed E-state index contributed by atoms with van der Waals surface area (Å²) in [5, 5.41) is 23.8. The normalized spacial score (nSPS) is 10.7. The van der Waals surface area contributed by atoms with Gasteiger partial charge in [0.2, 0.25) is 5.91 Å². The third-order valence-corrected chi connectivity index (χ3v) is 4.00. The van der Waals surface area contributed by atoms with Gasteiger partial charge in [-0.25, -0.2) is 4.79 Å². The molecule has 1 aromatic heterocycles. The van der Waals surface area contributed by atoms with E-state index in [1.807, 2.05) is 0 Å². The number of nitro benzene ring substituents is 1. The zero-order valence-electron chi connectivity index (χ0n) is 13.2. The van der Waals surface area contributed by atoms with Gasteiger partial charge in [-0.3, -0.25) is 14.9 Å². The predicted octanol–water partition coefficient (Wildman–Crippen LogP) is 3.54. The van der Waals surface area contributed by atoms with E-state index in [0.717, 1.165) is 0 Å².